The van der Waals surface area contributed by atoms with E-state index in [2.05, 4.69) is 10.3 Å². The van der Waals surface area contributed by atoms with Crippen LogP contribution >= 0.6 is 0 Å². The highest BCUT2D eigenvalue weighted by molar-refractivity contribution is 6.41. The summed E-state index contributed by atoms with van der Waals surface area (Å²) < 4.78 is 0. The molecule has 3 aromatic rings. The molecule has 3 amide bonds. The van der Waals surface area contributed by atoms with Gasteiger partial charge in [-0.25, -0.2) is 4.79 Å². The molecule has 1 aliphatic heterocycles. The van der Waals surface area contributed by atoms with Gasteiger partial charge in [0, 0.05) is 44.8 Å². The van der Waals surface area contributed by atoms with Gasteiger partial charge in [0.15, 0.2) is 5.57 Å². The van der Waals surface area contributed by atoms with Crippen LogP contribution in [0.2, 0.25) is 0 Å². The molecule has 0 radical (unpaired) electrons. The number of hydrogen-bond donors (Lipinski definition) is 3. The van der Waals surface area contributed by atoms with Gasteiger partial charge in [0.1, 0.15) is 0 Å². The number of rotatable bonds is 4. The smallest absolute Gasteiger partial charge is 0.477 e. The molecule has 0 spiro atoms. The van der Waals surface area contributed by atoms with Crippen LogP contribution in [0, 0.1) is 0 Å². The number of aliphatic hydroxyl groups is 1. The summed E-state index contributed by atoms with van der Waals surface area (Å²) in [6.45, 7) is 0. The van der Waals surface area contributed by atoms with Crippen molar-refractivity contribution in [3.8, 4) is 0 Å². The van der Waals surface area contributed by atoms with E-state index in [1.165, 1.54) is 0 Å². The van der Waals surface area contributed by atoms with Crippen LogP contribution in [-0.2, 0) is 4.79 Å². The number of nitrogens with one attached hydrogen (secondary N) is 2. The average Bonchev–Trinajstić information content (AvgIpc) is 2.80. The molecular formula is C27H27N4O3+. The summed E-state index contributed by atoms with van der Waals surface area (Å²) in [5, 5.41) is 14.0. The summed E-state index contributed by atoms with van der Waals surface area (Å²) in [6, 6.07) is 22.9. The Hall–Kier alpha value is -4.39. The molecule has 34 heavy (non-hydrogen) atoms. The standard InChI is InChI=1S/C27H26N4O3/c1-30(2)19-13-9-17(10-14-19)23(18-11-15-20(16-12-18)31(3)4)21-7-5-6-8-22(21)24-25(32)28-27(34)29-26(24)33/h5-16H,1-4H3,(H2,28,29,32,33,34)/p+1. The minimum atomic E-state index is -0.758. The van der Waals surface area contributed by atoms with Gasteiger partial charge in [-0.1, -0.05) is 48.5 Å². The fraction of sp³-hybridized carbons (Fsp3) is 0.148. The van der Waals surface area contributed by atoms with E-state index in [4.69, 9.17) is 0 Å². The molecule has 0 aliphatic carbocycles. The number of amides is 3. The van der Waals surface area contributed by atoms with Gasteiger partial charge in [0.05, 0.1) is 0 Å². The molecule has 1 heterocycles. The van der Waals surface area contributed by atoms with Crippen molar-refractivity contribution in [3.63, 3.8) is 0 Å². The van der Waals surface area contributed by atoms with Gasteiger partial charge in [-0.15, -0.1) is 0 Å². The summed E-state index contributed by atoms with van der Waals surface area (Å²) in [4.78, 5) is 30.7. The van der Waals surface area contributed by atoms with E-state index in [-0.39, 0.29) is 5.57 Å². The van der Waals surface area contributed by atoms with E-state index in [1.807, 2.05) is 98.7 Å². The highest BCUT2D eigenvalue weighted by Crippen LogP contribution is 2.25. The van der Waals surface area contributed by atoms with Crippen molar-refractivity contribution >= 4 is 40.4 Å². The van der Waals surface area contributed by atoms with Crippen LogP contribution in [0.3, 0.4) is 0 Å². The van der Waals surface area contributed by atoms with Crippen molar-refractivity contribution in [1.82, 2.24) is 5.32 Å². The van der Waals surface area contributed by atoms with Gasteiger partial charge in [-0.3, -0.25) is 0 Å². The lowest BCUT2D eigenvalue weighted by Crippen LogP contribution is -2.85. The molecule has 0 fully saturated rings. The molecule has 4 rings (SSSR count). The van der Waals surface area contributed by atoms with Crippen molar-refractivity contribution in [2.45, 2.75) is 0 Å². The zero-order valence-electron chi connectivity index (χ0n) is 19.6. The monoisotopic (exact) mass is 455 g/mol. The van der Waals surface area contributed by atoms with E-state index in [1.54, 1.807) is 12.1 Å². The van der Waals surface area contributed by atoms with E-state index in [9.17, 15) is 14.7 Å². The summed E-state index contributed by atoms with van der Waals surface area (Å²) in [6.07, 6.45) is 0. The van der Waals surface area contributed by atoms with Gasteiger partial charge < -0.3 is 14.9 Å². The molecule has 0 saturated heterocycles. The van der Waals surface area contributed by atoms with Crippen molar-refractivity contribution in [2.75, 3.05) is 38.0 Å². The Morgan fingerprint density at radius 1 is 0.765 bits per heavy atom. The lowest BCUT2D eigenvalue weighted by atomic mass is 9.93. The predicted octanol–water partition coefficient (Wildman–Crippen LogP) is 0.504. The topological polar surface area (TPSA) is 86.9 Å². The second-order valence-electron chi connectivity index (χ2n) is 8.44. The highest BCUT2D eigenvalue weighted by Gasteiger charge is 2.32. The van der Waals surface area contributed by atoms with E-state index in [0.717, 1.165) is 33.3 Å². The first-order valence-electron chi connectivity index (χ1n) is 10.8. The van der Waals surface area contributed by atoms with Gasteiger partial charge in [-0.05, 0) is 46.2 Å². The van der Waals surface area contributed by atoms with Crippen molar-refractivity contribution in [3.05, 3.63) is 94.4 Å². The highest BCUT2D eigenvalue weighted by atomic mass is 16.3. The minimum Gasteiger partial charge on any atom is -0.477 e. The van der Waals surface area contributed by atoms with Crippen LogP contribution in [0.15, 0.2) is 72.8 Å². The van der Waals surface area contributed by atoms with Crippen LogP contribution in [0.4, 0.5) is 16.2 Å². The first kappa shape index (κ1) is 22.8. The van der Waals surface area contributed by atoms with Gasteiger partial charge in [0.25, 0.3) is 5.90 Å². The normalized spacial score (nSPS) is 14.9. The van der Waals surface area contributed by atoms with Crippen LogP contribution in [0.5, 0.6) is 0 Å². The number of anilines is 2. The molecule has 172 valence electrons. The summed E-state index contributed by atoms with van der Waals surface area (Å²) in [7, 11) is 7.94. The van der Waals surface area contributed by atoms with E-state index in [0.29, 0.717) is 5.22 Å². The fourth-order valence-electron chi connectivity index (χ4n) is 3.97. The lowest BCUT2D eigenvalue weighted by Gasteiger charge is -2.16. The second-order valence-corrected chi connectivity index (χ2v) is 8.44. The largest absolute Gasteiger partial charge is 0.499 e. The number of carbonyl (C=O) groups is 2. The zero-order valence-corrected chi connectivity index (χ0v) is 19.6. The Morgan fingerprint density at radius 3 is 1.74 bits per heavy atom. The molecule has 0 atom stereocenters. The fourth-order valence-corrected chi connectivity index (χ4v) is 3.97. The molecule has 3 N–H and O–H groups in total. The predicted molar refractivity (Wildman–Crippen MR) is 134 cm³/mol. The first-order chi connectivity index (χ1) is 16.3. The van der Waals surface area contributed by atoms with Crippen molar-refractivity contribution in [2.24, 2.45) is 0 Å². The number of hydrogen-bond acceptors (Lipinski definition) is 4. The molecule has 0 saturated carbocycles. The molecule has 0 aromatic heterocycles. The number of nitrogens with zero attached hydrogens (tertiary/aromatic N) is 2. The summed E-state index contributed by atoms with van der Waals surface area (Å²) >= 11 is 0. The van der Waals surface area contributed by atoms with Gasteiger partial charge in [-0.2, -0.15) is 15.1 Å². The van der Waals surface area contributed by atoms with Crippen LogP contribution in [-0.4, -0.2) is 51.1 Å². The second kappa shape index (κ2) is 9.23. The molecule has 1 aliphatic rings. The Labute approximate surface area is 198 Å². The number of urea groups is 1. The first-order valence-corrected chi connectivity index (χ1v) is 10.8. The lowest BCUT2D eigenvalue weighted by molar-refractivity contribution is -0.354. The number of carbonyl (C=O) groups excluding carboxylic acids is 2. The molecule has 3 aromatic carbocycles. The van der Waals surface area contributed by atoms with Crippen molar-refractivity contribution < 1.29 is 19.7 Å². The Morgan fingerprint density at radius 2 is 1.26 bits per heavy atom. The maximum atomic E-state index is 12.7. The Balaban J connectivity index is 2.11. The molecule has 7 heteroatoms. The van der Waals surface area contributed by atoms with Crippen LogP contribution in [0.1, 0.15) is 11.1 Å². The SMILES string of the molecule is CN(C)c1ccc(C(c2ccc(N(C)C)cc2)=c2ccccc2=C2C(=O)NC(=O)[NH+]=C2O)cc1. The molecule has 0 unspecified atom stereocenters. The van der Waals surface area contributed by atoms with E-state index < -0.39 is 17.8 Å². The summed E-state index contributed by atoms with van der Waals surface area (Å²) in [5.41, 5.74) is 4.95. The quantitative estimate of drug-likeness (QED) is 0.534. The number of imide groups is 1. The average molecular weight is 456 g/mol. The molecular weight excluding hydrogens is 428 g/mol. The van der Waals surface area contributed by atoms with Gasteiger partial charge >= 0.3 is 11.9 Å². The van der Waals surface area contributed by atoms with Crippen molar-refractivity contribution in [1.29, 1.82) is 0 Å². The minimum absolute atomic E-state index is 0.0162. The van der Waals surface area contributed by atoms with Crippen LogP contribution in [0.25, 0.3) is 11.1 Å². The Kier molecular flexibility index (Phi) is 6.19. The molecule has 7 nitrogen and oxygen atoms in total. The maximum Gasteiger partial charge on any atom is 0.499 e. The maximum absolute atomic E-state index is 12.7. The van der Waals surface area contributed by atoms with E-state index >= 15 is 0 Å². The number of benzene rings is 3. The van der Waals surface area contributed by atoms with Gasteiger partial charge in [0.2, 0.25) is 0 Å². The third-order valence-corrected chi connectivity index (χ3v) is 5.73. The molecule has 0 bridgehead atoms. The zero-order chi connectivity index (χ0) is 24.4. The third-order valence-electron chi connectivity index (χ3n) is 5.73. The summed E-state index contributed by atoms with van der Waals surface area (Å²) in [5.74, 6) is -1.12. The van der Waals surface area contributed by atoms with Crippen LogP contribution < -0.4 is 30.5 Å². The number of aliphatic hydroxyl groups excluding tert-OH is 1. The third kappa shape index (κ3) is 4.41. The Bertz CT molecular complexity index is 1350.